The highest BCUT2D eigenvalue weighted by molar-refractivity contribution is 7.89. The van der Waals surface area contributed by atoms with Crippen LogP contribution in [-0.2, 0) is 21.2 Å². The van der Waals surface area contributed by atoms with Crippen LogP contribution in [0.1, 0.15) is 17.0 Å². The van der Waals surface area contributed by atoms with Crippen LogP contribution in [0.4, 0.5) is 5.13 Å². The van der Waals surface area contributed by atoms with Crippen molar-refractivity contribution in [2.75, 3.05) is 11.9 Å². The Morgan fingerprint density at radius 2 is 1.75 bits per heavy atom. The van der Waals surface area contributed by atoms with Crippen LogP contribution in [0, 0.1) is 0 Å². The minimum atomic E-state index is -3.63. The molecule has 2 N–H and O–H groups in total. The summed E-state index contributed by atoms with van der Waals surface area (Å²) in [5.74, 6) is -0.343. The van der Waals surface area contributed by atoms with E-state index in [2.05, 4.69) is 20.2 Å². The van der Waals surface area contributed by atoms with Crippen LogP contribution in [-0.4, -0.2) is 31.1 Å². The number of carbonyl (C=O) groups excluding carboxylic acids is 1. The molecule has 0 aliphatic heterocycles. The van der Waals surface area contributed by atoms with E-state index in [1.165, 1.54) is 23.5 Å². The number of aromatic nitrogens is 2. The molecule has 0 unspecified atom stereocenters. The third-order valence-corrected chi connectivity index (χ3v) is 6.25. The first-order chi connectivity index (χ1) is 13.4. The number of sulfonamides is 1. The molecule has 1 aromatic heterocycles. The van der Waals surface area contributed by atoms with E-state index in [9.17, 15) is 13.2 Å². The lowest BCUT2D eigenvalue weighted by atomic mass is 10.2. The van der Waals surface area contributed by atoms with Gasteiger partial charge in [0.05, 0.1) is 4.90 Å². The number of nitrogens with one attached hydrogen (secondary N) is 2. The summed E-state index contributed by atoms with van der Waals surface area (Å²) in [5, 5.41) is 12.4. The predicted molar refractivity (Wildman–Crippen MR) is 109 cm³/mol. The first-order valence-electron chi connectivity index (χ1n) is 8.34. The van der Waals surface area contributed by atoms with Crippen LogP contribution in [0.3, 0.4) is 0 Å². The fourth-order valence-electron chi connectivity index (χ4n) is 2.32. The summed E-state index contributed by atoms with van der Waals surface area (Å²) in [6, 6.07) is 15.4. The van der Waals surface area contributed by atoms with Crippen LogP contribution < -0.4 is 10.0 Å². The third-order valence-electron chi connectivity index (χ3n) is 3.68. The van der Waals surface area contributed by atoms with Crippen molar-refractivity contribution >= 4 is 44.0 Å². The maximum absolute atomic E-state index is 12.1. The van der Waals surface area contributed by atoms with Gasteiger partial charge in [-0.05, 0) is 29.8 Å². The highest BCUT2D eigenvalue weighted by Crippen LogP contribution is 2.19. The topological polar surface area (TPSA) is 101 Å². The summed E-state index contributed by atoms with van der Waals surface area (Å²) >= 11 is 7.14. The molecule has 0 atom stereocenters. The molecule has 3 rings (SSSR count). The molecular formula is C18H17ClN4O3S2. The molecule has 0 bridgehead atoms. The van der Waals surface area contributed by atoms with Gasteiger partial charge in [-0.15, -0.1) is 10.2 Å². The zero-order valence-corrected chi connectivity index (χ0v) is 17.0. The summed E-state index contributed by atoms with van der Waals surface area (Å²) in [4.78, 5) is 12.2. The first kappa shape index (κ1) is 20.4. The van der Waals surface area contributed by atoms with Crippen molar-refractivity contribution in [1.82, 2.24) is 14.9 Å². The first-order valence-corrected chi connectivity index (χ1v) is 11.0. The summed E-state index contributed by atoms with van der Waals surface area (Å²) in [6.07, 6.45) is 0.569. The second kappa shape index (κ2) is 9.24. The lowest BCUT2D eigenvalue weighted by Crippen LogP contribution is -2.27. The van der Waals surface area contributed by atoms with Gasteiger partial charge in [0.25, 0.3) is 0 Å². The number of hydrogen-bond donors (Lipinski definition) is 2. The van der Waals surface area contributed by atoms with E-state index in [0.29, 0.717) is 16.6 Å². The Kier molecular flexibility index (Phi) is 6.74. The quantitative estimate of drug-likeness (QED) is 0.565. The van der Waals surface area contributed by atoms with Gasteiger partial charge in [0.2, 0.25) is 21.1 Å². The van der Waals surface area contributed by atoms with Crippen molar-refractivity contribution in [2.45, 2.75) is 17.7 Å². The Balaban J connectivity index is 1.47. The van der Waals surface area contributed by atoms with Crippen LogP contribution in [0.25, 0.3) is 0 Å². The van der Waals surface area contributed by atoms with Gasteiger partial charge in [0.15, 0.2) is 0 Å². The zero-order valence-electron chi connectivity index (χ0n) is 14.6. The van der Waals surface area contributed by atoms with E-state index in [1.807, 2.05) is 12.1 Å². The number of rotatable bonds is 8. The van der Waals surface area contributed by atoms with Gasteiger partial charge in [0, 0.05) is 24.4 Å². The molecule has 2 aromatic carbocycles. The van der Waals surface area contributed by atoms with Crippen molar-refractivity contribution in [1.29, 1.82) is 0 Å². The lowest BCUT2D eigenvalue weighted by molar-refractivity contribution is -0.116. The van der Waals surface area contributed by atoms with Gasteiger partial charge >= 0.3 is 0 Å². The van der Waals surface area contributed by atoms with E-state index >= 15 is 0 Å². The largest absolute Gasteiger partial charge is 0.300 e. The molecule has 0 saturated carbocycles. The van der Waals surface area contributed by atoms with Crippen LogP contribution in [0.2, 0.25) is 5.02 Å². The van der Waals surface area contributed by atoms with Crippen molar-refractivity contribution in [3.63, 3.8) is 0 Å². The molecule has 28 heavy (non-hydrogen) atoms. The fraction of sp³-hybridized carbons (Fsp3) is 0.167. The van der Waals surface area contributed by atoms with Gasteiger partial charge in [-0.3, -0.25) is 4.79 Å². The average Bonchev–Trinajstić information content (AvgIpc) is 3.11. The van der Waals surface area contributed by atoms with Crippen molar-refractivity contribution in [2.24, 2.45) is 0 Å². The van der Waals surface area contributed by atoms with Crippen molar-refractivity contribution in [3.8, 4) is 0 Å². The number of hydrogen-bond acceptors (Lipinski definition) is 6. The number of anilines is 1. The maximum atomic E-state index is 12.1. The van der Waals surface area contributed by atoms with E-state index in [1.54, 1.807) is 30.3 Å². The number of benzene rings is 2. The summed E-state index contributed by atoms with van der Waals surface area (Å²) in [7, 11) is -3.63. The van der Waals surface area contributed by atoms with Crippen molar-refractivity contribution < 1.29 is 13.2 Å². The van der Waals surface area contributed by atoms with Crippen LogP contribution in [0.5, 0.6) is 0 Å². The molecule has 0 aliphatic carbocycles. The summed E-state index contributed by atoms with van der Waals surface area (Å²) < 4.78 is 26.6. The number of carbonyl (C=O) groups is 1. The lowest BCUT2D eigenvalue weighted by Gasteiger charge is -2.06. The molecule has 1 amide bonds. The monoisotopic (exact) mass is 436 g/mol. The molecule has 10 heteroatoms. The number of amides is 1. The molecule has 0 spiro atoms. The summed E-state index contributed by atoms with van der Waals surface area (Å²) in [5.41, 5.74) is 1.04. The Morgan fingerprint density at radius 1 is 1.04 bits per heavy atom. The average molecular weight is 437 g/mol. The van der Waals surface area contributed by atoms with E-state index in [-0.39, 0.29) is 23.8 Å². The normalized spacial score (nSPS) is 11.3. The minimum absolute atomic E-state index is 0.0144. The van der Waals surface area contributed by atoms with Crippen LogP contribution >= 0.6 is 22.9 Å². The molecule has 7 nitrogen and oxygen atoms in total. The van der Waals surface area contributed by atoms with Gasteiger partial charge in [-0.1, -0.05) is 53.3 Å². The molecular weight excluding hydrogens is 420 g/mol. The number of halogens is 1. The SMILES string of the molecule is O=C(CCNS(=O)(=O)c1ccccc1)Nc1nnc(Cc2ccc(Cl)cc2)s1. The molecule has 146 valence electrons. The third kappa shape index (κ3) is 5.83. The van der Waals surface area contributed by atoms with Gasteiger partial charge in [-0.2, -0.15) is 0 Å². The van der Waals surface area contributed by atoms with Gasteiger partial charge < -0.3 is 5.32 Å². The van der Waals surface area contributed by atoms with Gasteiger partial charge in [-0.25, -0.2) is 13.1 Å². The second-order valence-corrected chi connectivity index (χ2v) is 9.08. The Labute approximate surface area is 171 Å². The summed E-state index contributed by atoms with van der Waals surface area (Å²) in [6.45, 7) is -0.0144. The standard InChI is InChI=1S/C18H17ClN4O3S2/c19-14-8-6-13(7-9-14)12-17-22-23-18(27-17)21-16(24)10-11-20-28(25,26)15-4-2-1-3-5-15/h1-9,20H,10-12H2,(H,21,23,24). The predicted octanol–water partition coefficient (Wildman–Crippen LogP) is 3.09. The Hall–Kier alpha value is -2.33. The maximum Gasteiger partial charge on any atom is 0.240 e. The highest BCUT2D eigenvalue weighted by atomic mass is 35.5. The zero-order chi connectivity index (χ0) is 20.0. The highest BCUT2D eigenvalue weighted by Gasteiger charge is 2.14. The molecule has 0 radical (unpaired) electrons. The van der Waals surface area contributed by atoms with Gasteiger partial charge in [0.1, 0.15) is 5.01 Å². The van der Waals surface area contributed by atoms with Crippen LogP contribution in [0.15, 0.2) is 59.5 Å². The number of nitrogens with zero attached hydrogens (tertiary/aromatic N) is 2. The fourth-order valence-corrected chi connectivity index (χ4v) is 4.29. The smallest absolute Gasteiger partial charge is 0.240 e. The van der Waals surface area contributed by atoms with Crippen molar-refractivity contribution in [3.05, 3.63) is 70.2 Å². The van der Waals surface area contributed by atoms with E-state index in [0.717, 1.165) is 10.6 Å². The van der Waals surface area contributed by atoms with E-state index < -0.39 is 10.0 Å². The molecule has 3 aromatic rings. The molecule has 0 fully saturated rings. The Morgan fingerprint density at radius 3 is 2.46 bits per heavy atom. The second-order valence-electron chi connectivity index (χ2n) is 5.81. The molecule has 1 heterocycles. The minimum Gasteiger partial charge on any atom is -0.300 e. The molecule has 0 aliphatic rings. The Bertz CT molecular complexity index is 1040. The molecule has 0 saturated heterocycles. The van der Waals surface area contributed by atoms with E-state index in [4.69, 9.17) is 11.6 Å².